The third-order valence-corrected chi connectivity index (χ3v) is 9.69. The number of hydrogen-bond donors (Lipinski definition) is 1. The van der Waals surface area contributed by atoms with E-state index in [1.165, 1.54) is 22.5 Å². The number of alkyl halides is 2. The van der Waals surface area contributed by atoms with Crippen molar-refractivity contribution < 1.29 is 26.7 Å². The normalized spacial score (nSPS) is 22.2. The topological polar surface area (TPSA) is 88.6 Å². The van der Waals surface area contributed by atoms with Crippen LogP contribution in [0.25, 0.3) is 10.9 Å². The summed E-state index contributed by atoms with van der Waals surface area (Å²) in [5, 5.41) is 3.89. The van der Waals surface area contributed by atoms with E-state index in [-0.39, 0.29) is 34.4 Å². The van der Waals surface area contributed by atoms with Crippen LogP contribution in [-0.2, 0) is 10.0 Å². The molecule has 1 saturated heterocycles. The molecule has 2 heterocycles. The first-order valence-corrected chi connectivity index (χ1v) is 13.8. The molecule has 1 aliphatic carbocycles. The largest absolute Gasteiger partial charge is 0.435 e. The van der Waals surface area contributed by atoms with Crippen molar-refractivity contribution in [2.24, 2.45) is 11.3 Å². The molecule has 2 aromatic carbocycles. The number of nitrogens with one attached hydrogen (secondary N) is 1. The molecule has 1 saturated carbocycles. The van der Waals surface area contributed by atoms with Crippen molar-refractivity contribution in [2.75, 3.05) is 19.6 Å². The molecular weight excluding hydrogens is 556 g/mol. The molecule has 1 amide bonds. The minimum Gasteiger partial charge on any atom is -0.435 e. The van der Waals surface area contributed by atoms with Crippen LogP contribution >= 0.6 is 15.9 Å². The lowest BCUT2D eigenvalue weighted by Gasteiger charge is -2.29. The van der Waals surface area contributed by atoms with E-state index in [1.807, 2.05) is 24.3 Å². The number of amides is 1. The Kier molecular flexibility index (Phi) is 6.73. The molecule has 0 unspecified atom stereocenters. The van der Waals surface area contributed by atoms with Crippen LogP contribution in [-0.4, -0.2) is 49.9 Å². The Morgan fingerprint density at radius 3 is 2.83 bits per heavy atom. The maximum Gasteiger partial charge on any atom is 0.387 e. The Morgan fingerprint density at radius 1 is 1.22 bits per heavy atom. The van der Waals surface area contributed by atoms with Gasteiger partial charge in [-0.25, -0.2) is 13.4 Å². The highest BCUT2D eigenvalue weighted by Crippen LogP contribution is 2.49. The fourth-order valence-electron chi connectivity index (χ4n) is 5.39. The van der Waals surface area contributed by atoms with Crippen molar-refractivity contribution in [1.29, 1.82) is 0 Å². The van der Waals surface area contributed by atoms with Crippen LogP contribution in [0.4, 0.5) is 8.78 Å². The third kappa shape index (κ3) is 4.71. The average Bonchev–Trinajstić information content (AvgIpc) is 3.40. The highest BCUT2D eigenvalue weighted by Gasteiger charge is 2.52. The molecule has 2 atom stereocenters. The molecule has 2 fully saturated rings. The van der Waals surface area contributed by atoms with E-state index >= 15 is 0 Å². The molecule has 0 bridgehead atoms. The molecule has 11 heteroatoms. The summed E-state index contributed by atoms with van der Waals surface area (Å²) in [6.07, 6.45) is 2.60. The second-order valence-corrected chi connectivity index (χ2v) is 12.1. The van der Waals surface area contributed by atoms with Crippen LogP contribution < -0.4 is 10.1 Å². The molecule has 1 N–H and O–H groups in total. The van der Waals surface area contributed by atoms with Crippen molar-refractivity contribution in [2.45, 2.75) is 30.8 Å². The first-order chi connectivity index (χ1) is 17.2. The first kappa shape index (κ1) is 25.0. The fraction of sp³-hybridized carbons (Fsp3) is 0.360. The molecule has 36 heavy (non-hydrogen) atoms. The number of nitrogens with zero attached hydrogens (tertiary/aromatic N) is 2. The van der Waals surface area contributed by atoms with Gasteiger partial charge in [-0.15, -0.1) is 0 Å². The van der Waals surface area contributed by atoms with Gasteiger partial charge in [0.1, 0.15) is 11.4 Å². The van der Waals surface area contributed by atoms with Crippen molar-refractivity contribution in [1.82, 2.24) is 14.6 Å². The van der Waals surface area contributed by atoms with Crippen molar-refractivity contribution in [3.05, 3.63) is 64.8 Å². The number of carbonyl (C=O) groups is 1. The number of carbonyl (C=O) groups excluding carboxylic acids is 1. The van der Waals surface area contributed by atoms with Gasteiger partial charge in [0.25, 0.3) is 5.91 Å². The number of halogens is 3. The van der Waals surface area contributed by atoms with Gasteiger partial charge in [0.05, 0.1) is 10.4 Å². The van der Waals surface area contributed by atoms with E-state index in [4.69, 9.17) is 0 Å². The summed E-state index contributed by atoms with van der Waals surface area (Å²) in [5.41, 5.74) is 0.606. The molecule has 5 rings (SSSR count). The highest BCUT2D eigenvalue weighted by molar-refractivity contribution is 9.10. The zero-order chi connectivity index (χ0) is 25.5. The number of aromatic nitrogens is 1. The third-order valence-electron chi connectivity index (χ3n) is 7.19. The molecule has 0 radical (unpaired) electrons. The number of benzene rings is 2. The predicted molar refractivity (Wildman–Crippen MR) is 133 cm³/mol. The van der Waals surface area contributed by atoms with Gasteiger partial charge in [0.2, 0.25) is 10.0 Å². The summed E-state index contributed by atoms with van der Waals surface area (Å²) in [4.78, 5) is 17.3. The van der Waals surface area contributed by atoms with Gasteiger partial charge < -0.3 is 10.1 Å². The standard InChI is InChI=1S/C25H24BrF2N3O4S/c26-20-7-2-8-21-19(20)9-10-22(30-21)23(32)29-14-25-11-3-4-16(25)13-31(15-25)36(33,34)18-6-1-5-17(12-18)35-24(27)28/h1-2,5-10,12,16,24H,3-4,11,13-15H2,(H,29,32)/t16-,25+/m0/s1. The van der Waals surface area contributed by atoms with Crippen molar-refractivity contribution >= 4 is 42.8 Å². The lowest BCUT2D eigenvalue weighted by Crippen LogP contribution is -2.41. The minimum absolute atomic E-state index is 0.0913. The predicted octanol–water partition coefficient (Wildman–Crippen LogP) is 4.82. The average molecular weight is 580 g/mol. The maximum absolute atomic E-state index is 13.3. The van der Waals surface area contributed by atoms with Crippen LogP contribution in [0.5, 0.6) is 5.75 Å². The monoisotopic (exact) mass is 579 g/mol. The highest BCUT2D eigenvalue weighted by atomic mass is 79.9. The number of sulfonamides is 1. The van der Waals surface area contributed by atoms with Crippen LogP contribution in [0.2, 0.25) is 0 Å². The van der Waals surface area contributed by atoms with E-state index in [9.17, 15) is 22.0 Å². The molecular formula is C25H24BrF2N3O4S. The second-order valence-electron chi connectivity index (χ2n) is 9.29. The van der Waals surface area contributed by atoms with Crippen molar-refractivity contribution in [3.63, 3.8) is 0 Å². The Balaban J connectivity index is 1.32. The lowest BCUT2D eigenvalue weighted by atomic mass is 9.80. The molecule has 0 spiro atoms. The van der Waals surface area contributed by atoms with Crippen LogP contribution in [0.3, 0.4) is 0 Å². The Bertz CT molecular complexity index is 1420. The minimum atomic E-state index is -3.92. The van der Waals surface area contributed by atoms with Gasteiger partial charge in [-0.05, 0) is 55.2 Å². The maximum atomic E-state index is 13.3. The number of rotatable bonds is 7. The van der Waals surface area contributed by atoms with Gasteiger partial charge in [-0.2, -0.15) is 13.1 Å². The molecule has 7 nitrogen and oxygen atoms in total. The van der Waals surface area contributed by atoms with Crippen LogP contribution in [0.15, 0.2) is 64.0 Å². The molecule has 1 aliphatic heterocycles. The zero-order valence-electron chi connectivity index (χ0n) is 19.2. The van der Waals surface area contributed by atoms with E-state index in [0.717, 1.165) is 35.2 Å². The van der Waals surface area contributed by atoms with E-state index in [2.05, 4.69) is 31.0 Å². The molecule has 190 valence electrons. The van der Waals surface area contributed by atoms with Crippen LogP contribution in [0.1, 0.15) is 29.8 Å². The summed E-state index contributed by atoms with van der Waals surface area (Å²) < 4.78 is 58.5. The number of hydrogen-bond acceptors (Lipinski definition) is 5. The number of pyridine rings is 1. The Morgan fingerprint density at radius 2 is 2.03 bits per heavy atom. The summed E-state index contributed by atoms with van der Waals surface area (Å²) in [5.74, 6) is -0.425. The smallest absolute Gasteiger partial charge is 0.387 e. The quantitative estimate of drug-likeness (QED) is 0.433. The summed E-state index contributed by atoms with van der Waals surface area (Å²) in [7, 11) is -3.92. The summed E-state index contributed by atoms with van der Waals surface area (Å²) >= 11 is 3.48. The summed E-state index contributed by atoms with van der Waals surface area (Å²) in [6.45, 7) is -2.15. The SMILES string of the molecule is O=C(NC[C@@]12CCC[C@H]1CN(S(=O)(=O)c1cccc(OC(F)F)c1)C2)c1ccc2c(Br)cccc2n1. The van der Waals surface area contributed by atoms with Gasteiger partial charge in [0, 0.05) is 41.0 Å². The zero-order valence-corrected chi connectivity index (χ0v) is 21.6. The molecule has 2 aliphatic rings. The van der Waals surface area contributed by atoms with Gasteiger partial charge in [-0.1, -0.05) is 34.5 Å². The lowest BCUT2D eigenvalue weighted by molar-refractivity contribution is -0.0500. The first-order valence-electron chi connectivity index (χ1n) is 11.6. The molecule has 3 aromatic rings. The number of ether oxygens (including phenoxy) is 1. The van der Waals surface area contributed by atoms with E-state index < -0.39 is 16.6 Å². The number of fused-ring (bicyclic) bond motifs is 2. The Hall–Kier alpha value is -2.63. The molecule has 1 aromatic heterocycles. The van der Waals surface area contributed by atoms with Crippen molar-refractivity contribution in [3.8, 4) is 5.75 Å². The fourth-order valence-corrected chi connectivity index (χ4v) is 7.49. The van der Waals surface area contributed by atoms with Crippen LogP contribution in [0, 0.1) is 11.3 Å². The van der Waals surface area contributed by atoms with E-state index in [1.54, 1.807) is 6.07 Å². The van der Waals surface area contributed by atoms with Gasteiger partial charge >= 0.3 is 6.61 Å². The van der Waals surface area contributed by atoms with Gasteiger partial charge in [-0.3, -0.25) is 4.79 Å². The van der Waals surface area contributed by atoms with Gasteiger partial charge in [0.15, 0.2) is 0 Å². The second kappa shape index (κ2) is 9.68. The summed E-state index contributed by atoms with van der Waals surface area (Å²) in [6, 6.07) is 14.3. The Labute approximate surface area is 216 Å². The van der Waals surface area contributed by atoms with E-state index in [0.29, 0.717) is 24.3 Å².